The number of piperidine rings is 1. The molecule has 1 aromatic carbocycles. The molecule has 3 N–H and O–H groups in total. The van der Waals surface area contributed by atoms with Gasteiger partial charge in [0.2, 0.25) is 0 Å². The van der Waals surface area contributed by atoms with Crippen LogP contribution in [0.5, 0.6) is 0 Å². The monoisotopic (exact) mass is 424 g/mol. The summed E-state index contributed by atoms with van der Waals surface area (Å²) in [5, 5.41) is 7.51. The number of aromatic amines is 1. The Morgan fingerprint density at radius 3 is 2.74 bits per heavy atom. The molecule has 2 amide bonds. The molecule has 166 valence electrons. The Hall–Kier alpha value is -2.80. The Labute approximate surface area is 183 Å². The minimum absolute atomic E-state index is 0.0886. The number of carbonyl (C=O) groups excluding carboxylic acids is 2. The minimum atomic E-state index is -0.433. The van der Waals surface area contributed by atoms with Gasteiger partial charge in [-0.3, -0.25) is 4.90 Å². The van der Waals surface area contributed by atoms with E-state index in [1.807, 2.05) is 32.0 Å². The molecule has 31 heavy (non-hydrogen) atoms. The number of esters is 1. The van der Waals surface area contributed by atoms with Gasteiger partial charge in [0, 0.05) is 41.6 Å². The van der Waals surface area contributed by atoms with E-state index in [2.05, 4.69) is 35.5 Å². The van der Waals surface area contributed by atoms with E-state index in [-0.39, 0.29) is 23.6 Å². The average molecular weight is 425 g/mol. The van der Waals surface area contributed by atoms with E-state index in [4.69, 9.17) is 4.74 Å². The van der Waals surface area contributed by atoms with Crippen molar-refractivity contribution in [2.24, 2.45) is 0 Å². The third-order valence-electron chi connectivity index (χ3n) is 5.95. The zero-order valence-corrected chi connectivity index (χ0v) is 18.7. The Balaban J connectivity index is 1.76. The Morgan fingerprint density at radius 1 is 1.26 bits per heavy atom. The molecule has 0 radical (unpaired) electrons. The van der Waals surface area contributed by atoms with E-state index < -0.39 is 5.97 Å². The standard InChI is InChI=1S/C24H32N4O3/c1-15(2)31-22(29)18-13-28(23(30)26-16-8-7-11-25-12-16)14-24(3,4)20-17-9-5-6-10-19(17)27-21(18)20/h5-6,9-10,13,15-16,25,27H,7-8,11-12,14H2,1-4H3,(H,26,30). The second-order valence-electron chi connectivity index (χ2n) is 9.42. The van der Waals surface area contributed by atoms with E-state index in [1.54, 1.807) is 11.1 Å². The van der Waals surface area contributed by atoms with Gasteiger partial charge in [-0.15, -0.1) is 0 Å². The molecule has 7 nitrogen and oxygen atoms in total. The number of fused-ring (bicyclic) bond motifs is 3. The summed E-state index contributed by atoms with van der Waals surface area (Å²) in [6, 6.07) is 7.93. The lowest BCUT2D eigenvalue weighted by molar-refractivity contribution is -0.140. The molecule has 1 unspecified atom stereocenters. The summed E-state index contributed by atoms with van der Waals surface area (Å²) in [5.74, 6) is -0.433. The van der Waals surface area contributed by atoms with E-state index in [9.17, 15) is 9.59 Å². The van der Waals surface area contributed by atoms with Crippen LogP contribution >= 0.6 is 0 Å². The normalized spacial score (nSPS) is 20.7. The zero-order valence-electron chi connectivity index (χ0n) is 18.7. The molecular weight excluding hydrogens is 392 g/mol. The summed E-state index contributed by atoms with van der Waals surface area (Å²) in [7, 11) is 0. The molecule has 0 saturated carbocycles. The topological polar surface area (TPSA) is 86.5 Å². The Kier molecular flexibility index (Phi) is 5.79. The number of nitrogens with zero attached hydrogens (tertiary/aromatic N) is 1. The number of ether oxygens (including phenoxy) is 1. The van der Waals surface area contributed by atoms with Crippen LogP contribution < -0.4 is 10.6 Å². The number of hydrogen-bond donors (Lipinski definition) is 3. The number of urea groups is 1. The average Bonchev–Trinajstić information content (AvgIpc) is 3.05. The van der Waals surface area contributed by atoms with Gasteiger partial charge >= 0.3 is 12.0 Å². The lowest BCUT2D eigenvalue weighted by Gasteiger charge is -2.31. The molecule has 0 spiro atoms. The number of carbonyl (C=O) groups is 2. The van der Waals surface area contributed by atoms with Gasteiger partial charge in [-0.1, -0.05) is 32.0 Å². The van der Waals surface area contributed by atoms with Gasteiger partial charge in [0.05, 0.1) is 17.4 Å². The molecule has 1 aromatic heterocycles. The lowest BCUT2D eigenvalue weighted by Crippen LogP contribution is -2.50. The van der Waals surface area contributed by atoms with Gasteiger partial charge in [0.1, 0.15) is 0 Å². The number of H-pyrrole nitrogens is 1. The molecule has 7 heteroatoms. The van der Waals surface area contributed by atoms with Crippen molar-refractivity contribution >= 4 is 28.5 Å². The maximum atomic E-state index is 13.2. The van der Waals surface area contributed by atoms with Crippen LogP contribution in [0.4, 0.5) is 4.79 Å². The maximum absolute atomic E-state index is 13.2. The first-order valence-electron chi connectivity index (χ1n) is 11.1. The smallest absolute Gasteiger partial charge is 0.342 e. The summed E-state index contributed by atoms with van der Waals surface area (Å²) >= 11 is 0. The summed E-state index contributed by atoms with van der Waals surface area (Å²) in [6.07, 6.45) is 3.38. The molecule has 2 aliphatic rings. The number of rotatable bonds is 3. The van der Waals surface area contributed by atoms with Gasteiger partial charge in [-0.05, 0) is 44.9 Å². The highest BCUT2D eigenvalue weighted by molar-refractivity contribution is 6.18. The van der Waals surface area contributed by atoms with Gasteiger partial charge in [-0.2, -0.15) is 0 Å². The summed E-state index contributed by atoms with van der Waals surface area (Å²) in [5.41, 5.74) is 2.72. The van der Waals surface area contributed by atoms with Crippen LogP contribution in [0.25, 0.3) is 16.5 Å². The summed E-state index contributed by atoms with van der Waals surface area (Å²) < 4.78 is 5.55. The Morgan fingerprint density at radius 2 is 2.03 bits per heavy atom. The van der Waals surface area contributed by atoms with E-state index >= 15 is 0 Å². The third kappa shape index (κ3) is 4.32. The molecule has 2 aliphatic heterocycles. The number of para-hydroxylation sites is 1. The van der Waals surface area contributed by atoms with Crippen LogP contribution in [0.15, 0.2) is 30.5 Å². The molecule has 3 heterocycles. The number of benzene rings is 1. The molecular formula is C24H32N4O3. The second-order valence-corrected chi connectivity index (χ2v) is 9.42. The zero-order chi connectivity index (χ0) is 22.2. The largest absolute Gasteiger partial charge is 0.459 e. The molecule has 4 rings (SSSR count). The van der Waals surface area contributed by atoms with Crippen molar-refractivity contribution in [3.8, 4) is 0 Å². The van der Waals surface area contributed by atoms with Crippen molar-refractivity contribution < 1.29 is 14.3 Å². The summed E-state index contributed by atoms with van der Waals surface area (Å²) in [6.45, 7) is 10.1. The third-order valence-corrected chi connectivity index (χ3v) is 5.95. The Bertz CT molecular complexity index is 1020. The summed E-state index contributed by atoms with van der Waals surface area (Å²) in [4.78, 5) is 31.4. The van der Waals surface area contributed by atoms with Crippen LogP contribution in [0, 0.1) is 0 Å². The van der Waals surface area contributed by atoms with Crippen molar-refractivity contribution in [3.05, 3.63) is 41.7 Å². The first-order chi connectivity index (χ1) is 14.8. The van der Waals surface area contributed by atoms with E-state index in [0.717, 1.165) is 48.1 Å². The SMILES string of the molecule is CC(C)OC(=O)C1=CN(C(=O)NC2CCCNC2)CC(C)(C)c2c1[nH]c1ccccc21. The molecule has 1 saturated heterocycles. The maximum Gasteiger partial charge on any atom is 0.342 e. The van der Waals surface area contributed by atoms with Crippen LogP contribution in [0.1, 0.15) is 51.8 Å². The molecule has 1 fully saturated rings. The molecule has 0 bridgehead atoms. The van der Waals surface area contributed by atoms with E-state index in [0.29, 0.717) is 12.1 Å². The van der Waals surface area contributed by atoms with Gasteiger partial charge in [-0.25, -0.2) is 9.59 Å². The number of amides is 2. The predicted molar refractivity (Wildman–Crippen MR) is 122 cm³/mol. The van der Waals surface area contributed by atoms with Gasteiger partial charge < -0.3 is 20.4 Å². The number of nitrogens with one attached hydrogen (secondary N) is 3. The van der Waals surface area contributed by atoms with Crippen molar-refractivity contribution in [1.29, 1.82) is 0 Å². The van der Waals surface area contributed by atoms with Crippen molar-refractivity contribution in [3.63, 3.8) is 0 Å². The fourth-order valence-electron chi connectivity index (χ4n) is 4.61. The highest BCUT2D eigenvalue weighted by Crippen LogP contribution is 2.40. The number of hydrogen-bond acceptors (Lipinski definition) is 4. The van der Waals surface area contributed by atoms with Gasteiger partial charge in [0.25, 0.3) is 0 Å². The van der Waals surface area contributed by atoms with Crippen molar-refractivity contribution in [1.82, 2.24) is 20.5 Å². The molecule has 0 aliphatic carbocycles. The first kappa shape index (κ1) is 21.4. The minimum Gasteiger partial charge on any atom is -0.459 e. The first-order valence-corrected chi connectivity index (χ1v) is 11.1. The van der Waals surface area contributed by atoms with Crippen molar-refractivity contribution in [2.75, 3.05) is 19.6 Å². The van der Waals surface area contributed by atoms with Crippen molar-refractivity contribution in [2.45, 2.75) is 58.1 Å². The lowest BCUT2D eigenvalue weighted by atomic mass is 9.82. The van der Waals surface area contributed by atoms with Crippen LogP contribution in [0.3, 0.4) is 0 Å². The van der Waals surface area contributed by atoms with Crippen LogP contribution in [-0.2, 0) is 14.9 Å². The van der Waals surface area contributed by atoms with Gasteiger partial charge in [0.15, 0.2) is 0 Å². The highest BCUT2D eigenvalue weighted by atomic mass is 16.5. The highest BCUT2D eigenvalue weighted by Gasteiger charge is 2.37. The number of aromatic nitrogens is 1. The fraction of sp³-hybridized carbons (Fsp3) is 0.500. The van der Waals surface area contributed by atoms with E-state index in [1.165, 1.54) is 0 Å². The van der Waals surface area contributed by atoms with Crippen LogP contribution in [0.2, 0.25) is 0 Å². The van der Waals surface area contributed by atoms with Crippen LogP contribution in [-0.4, -0.2) is 53.7 Å². The second kappa shape index (κ2) is 8.38. The quantitative estimate of drug-likeness (QED) is 0.658. The molecule has 1 atom stereocenters. The molecule has 2 aromatic rings. The predicted octanol–water partition coefficient (Wildman–Crippen LogP) is 3.52. The fourth-order valence-corrected chi connectivity index (χ4v) is 4.61.